The van der Waals surface area contributed by atoms with Gasteiger partial charge in [0, 0.05) is 24.0 Å². The molecule has 1 unspecified atom stereocenters. The highest BCUT2D eigenvalue weighted by atomic mass is 32.1. The number of aromatic nitrogens is 2. The molecule has 0 spiro atoms. The number of nitrogens with one attached hydrogen (secondary N) is 2. The first-order valence-corrected chi connectivity index (χ1v) is 5.30. The third-order valence-corrected chi connectivity index (χ3v) is 2.34. The van der Waals surface area contributed by atoms with E-state index in [-0.39, 0.29) is 11.8 Å². The highest BCUT2D eigenvalue weighted by molar-refractivity contribution is 7.10. The van der Waals surface area contributed by atoms with Gasteiger partial charge in [-0.25, -0.2) is 0 Å². The standard InChI is InChI=1S/C8H14N4OS/c1-3-9-4-6(2)8(13)11-7-5-10-12-14-7/h5-6,9H,3-4H2,1-2H3,(H,11,13). The molecule has 6 heteroatoms. The Labute approximate surface area is 87.1 Å². The fourth-order valence-corrected chi connectivity index (χ4v) is 1.34. The summed E-state index contributed by atoms with van der Waals surface area (Å²) in [5.41, 5.74) is 0. The molecule has 1 amide bonds. The molecule has 5 nitrogen and oxygen atoms in total. The monoisotopic (exact) mass is 214 g/mol. The van der Waals surface area contributed by atoms with Crippen LogP contribution >= 0.6 is 11.5 Å². The van der Waals surface area contributed by atoms with Crippen LogP contribution < -0.4 is 10.6 Å². The molecule has 1 atom stereocenters. The van der Waals surface area contributed by atoms with Crippen molar-refractivity contribution < 1.29 is 4.79 Å². The number of hydrogen-bond donors (Lipinski definition) is 2. The average Bonchev–Trinajstić information content (AvgIpc) is 2.66. The Balaban J connectivity index is 2.34. The highest BCUT2D eigenvalue weighted by Gasteiger charge is 2.12. The van der Waals surface area contributed by atoms with E-state index in [2.05, 4.69) is 20.2 Å². The fourth-order valence-electron chi connectivity index (χ4n) is 0.920. The maximum Gasteiger partial charge on any atom is 0.229 e. The van der Waals surface area contributed by atoms with E-state index in [1.165, 1.54) is 11.5 Å². The van der Waals surface area contributed by atoms with Crippen molar-refractivity contribution in [3.05, 3.63) is 6.20 Å². The molecule has 0 aliphatic heterocycles. The molecule has 1 aromatic heterocycles. The van der Waals surface area contributed by atoms with Crippen LogP contribution in [-0.2, 0) is 4.79 Å². The third-order valence-electron chi connectivity index (χ3n) is 1.76. The lowest BCUT2D eigenvalue weighted by atomic mass is 10.1. The van der Waals surface area contributed by atoms with Crippen LogP contribution in [0.5, 0.6) is 0 Å². The summed E-state index contributed by atoms with van der Waals surface area (Å²) >= 11 is 1.18. The number of anilines is 1. The van der Waals surface area contributed by atoms with Crippen LogP contribution in [0.2, 0.25) is 0 Å². The molecule has 0 aromatic carbocycles. The lowest BCUT2D eigenvalue weighted by molar-refractivity contribution is -0.119. The van der Waals surface area contributed by atoms with Gasteiger partial charge in [0.1, 0.15) is 5.00 Å². The van der Waals surface area contributed by atoms with E-state index in [1.807, 2.05) is 13.8 Å². The van der Waals surface area contributed by atoms with Crippen LogP contribution in [0.3, 0.4) is 0 Å². The Morgan fingerprint density at radius 1 is 1.71 bits per heavy atom. The van der Waals surface area contributed by atoms with Crippen LogP contribution in [0, 0.1) is 5.92 Å². The van der Waals surface area contributed by atoms with Gasteiger partial charge in [-0.05, 0) is 6.54 Å². The fraction of sp³-hybridized carbons (Fsp3) is 0.625. The van der Waals surface area contributed by atoms with Gasteiger partial charge in [0.2, 0.25) is 5.91 Å². The Kier molecular flexibility index (Phi) is 4.48. The van der Waals surface area contributed by atoms with Crippen molar-refractivity contribution in [1.82, 2.24) is 14.9 Å². The first-order valence-electron chi connectivity index (χ1n) is 4.53. The van der Waals surface area contributed by atoms with Crippen LogP contribution in [-0.4, -0.2) is 28.6 Å². The summed E-state index contributed by atoms with van der Waals surface area (Å²) in [6.07, 6.45) is 1.54. The van der Waals surface area contributed by atoms with Gasteiger partial charge in [-0.1, -0.05) is 18.3 Å². The van der Waals surface area contributed by atoms with E-state index in [0.29, 0.717) is 11.5 Å². The molecule has 2 N–H and O–H groups in total. The van der Waals surface area contributed by atoms with E-state index in [1.54, 1.807) is 6.20 Å². The van der Waals surface area contributed by atoms with Crippen molar-refractivity contribution >= 4 is 22.4 Å². The Bertz CT molecular complexity index is 275. The molecule has 0 radical (unpaired) electrons. The molecular weight excluding hydrogens is 200 g/mol. The zero-order valence-electron chi connectivity index (χ0n) is 8.28. The van der Waals surface area contributed by atoms with E-state index < -0.39 is 0 Å². The van der Waals surface area contributed by atoms with Gasteiger partial charge in [0.25, 0.3) is 0 Å². The molecule has 0 saturated heterocycles. The number of carbonyl (C=O) groups is 1. The molecule has 0 fully saturated rings. The number of nitrogens with zero attached hydrogens (tertiary/aromatic N) is 2. The van der Waals surface area contributed by atoms with Crippen molar-refractivity contribution in [2.45, 2.75) is 13.8 Å². The number of rotatable bonds is 5. The van der Waals surface area contributed by atoms with Crippen molar-refractivity contribution in [2.24, 2.45) is 5.92 Å². The van der Waals surface area contributed by atoms with Gasteiger partial charge in [0.15, 0.2) is 0 Å². The predicted molar refractivity (Wildman–Crippen MR) is 56.2 cm³/mol. The first kappa shape index (κ1) is 11.1. The first-order chi connectivity index (χ1) is 6.74. The molecule has 14 heavy (non-hydrogen) atoms. The van der Waals surface area contributed by atoms with Crippen LogP contribution in [0.4, 0.5) is 5.00 Å². The van der Waals surface area contributed by atoms with Gasteiger partial charge < -0.3 is 10.6 Å². The summed E-state index contributed by atoms with van der Waals surface area (Å²) in [5.74, 6) is -0.0472. The minimum Gasteiger partial charge on any atom is -0.316 e. The topological polar surface area (TPSA) is 66.9 Å². The number of amides is 1. The lowest BCUT2D eigenvalue weighted by Crippen LogP contribution is -2.30. The second-order valence-corrected chi connectivity index (χ2v) is 3.77. The smallest absolute Gasteiger partial charge is 0.229 e. The predicted octanol–water partition coefficient (Wildman–Crippen LogP) is 0.722. The lowest BCUT2D eigenvalue weighted by Gasteiger charge is -2.10. The highest BCUT2D eigenvalue weighted by Crippen LogP contribution is 2.10. The zero-order valence-corrected chi connectivity index (χ0v) is 9.10. The van der Waals surface area contributed by atoms with Crippen molar-refractivity contribution in [3.63, 3.8) is 0 Å². The minimum absolute atomic E-state index is 0.00278. The zero-order chi connectivity index (χ0) is 10.4. The molecule has 1 heterocycles. The summed E-state index contributed by atoms with van der Waals surface area (Å²) in [5, 5.41) is 10.2. The molecule has 1 aromatic rings. The van der Waals surface area contributed by atoms with E-state index in [0.717, 1.165) is 6.54 Å². The van der Waals surface area contributed by atoms with Gasteiger partial charge >= 0.3 is 0 Å². The summed E-state index contributed by atoms with van der Waals surface area (Å²) < 4.78 is 3.66. The molecule has 78 valence electrons. The molecule has 0 aliphatic rings. The Morgan fingerprint density at radius 2 is 2.50 bits per heavy atom. The van der Waals surface area contributed by atoms with Gasteiger partial charge in [-0.3, -0.25) is 4.79 Å². The molecule has 0 saturated carbocycles. The van der Waals surface area contributed by atoms with Crippen LogP contribution in [0.15, 0.2) is 6.20 Å². The SMILES string of the molecule is CCNCC(C)C(=O)Nc1cnns1. The summed E-state index contributed by atoms with van der Waals surface area (Å²) in [7, 11) is 0. The number of hydrogen-bond acceptors (Lipinski definition) is 5. The Hall–Kier alpha value is -1.01. The molecule has 1 rings (SSSR count). The average molecular weight is 214 g/mol. The second kappa shape index (κ2) is 5.66. The van der Waals surface area contributed by atoms with E-state index >= 15 is 0 Å². The van der Waals surface area contributed by atoms with Gasteiger partial charge in [0.05, 0.1) is 6.20 Å². The molecular formula is C8H14N4OS. The third kappa shape index (κ3) is 3.39. The normalized spacial score (nSPS) is 12.4. The van der Waals surface area contributed by atoms with Crippen molar-refractivity contribution in [1.29, 1.82) is 0 Å². The second-order valence-electron chi connectivity index (χ2n) is 2.98. The van der Waals surface area contributed by atoms with E-state index in [4.69, 9.17) is 0 Å². The van der Waals surface area contributed by atoms with Gasteiger partial charge in [-0.2, -0.15) is 0 Å². The number of carbonyl (C=O) groups excluding carboxylic acids is 1. The maximum absolute atomic E-state index is 11.5. The summed E-state index contributed by atoms with van der Waals surface area (Å²) in [4.78, 5) is 11.5. The van der Waals surface area contributed by atoms with Crippen LogP contribution in [0.1, 0.15) is 13.8 Å². The van der Waals surface area contributed by atoms with Gasteiger partial charge in [-0.15, -0.1) is 5.10 Å². The molecule has 0 aliphatic carbocycles. The summed E-state index contributed by atoms with van der Waals surface area (Å²) in [6.45, 7) is 5.46. The minimum atomic E-state index is -0.0444. The van der Waals surface area contributed by atoms with Crippen molar-refractivity contribution in [3.8, 4) is 0 Å². The summed E-state index contributed by atoms with van der Waals surface area (Å²) in [6, 6.07) is 0. The van der Waals surface area contributed by atoms with Crippen molar-refractivity contribution in [2.75, 3.05) is 18.4 Å². The molecule has 0 bridgehead atoms. The largest absolute Gasteiger partial charge is 0.316 e. The maximum atomic E-state index is 11.5. The Morgan fingerprint density at radius 3 is 3.07 bits per heavy atom. The quantitative estimate of drug-likeness (QED) is 0.758. The van der Waals surface area contributed by atoms with Crippen LogP contribution in [0.25, 0.3) is 0 Å². The van der Waals surface area contributed by atoms with E-state index in [9.17, 15) is 4.79 Å².